The minimum absolute atomic E-state index is 0.133. The summed E-state index contributed by atoms with van der Waals surface area (Å²) in [5.74, 6) is 0.980. The van der Waals surface area contributed by atoms with E-state index in [-0.39, 0.29) is 11.5 Å². The number of hydrogen-bond donors (Lipinski definition) is 1. The van der Waals surface area contributed by atoms with Gasteiger partial charge in [-0.25, -0.2) is 4.98 Å². The number of aryl methyl sites for hydroxylation is 2. The summed E-state index contributed by atoms with van der Waals surface area (Å²) in [6, 6.07) is 20.0. The van der Waals surface area contributed by atoms with Crippen molar-refractivity contribution in [1.82, 2.24) is 4.98 Å². The van der Waals surface area contributed by atoms with Gasteiger partial charge < -0.3 is 5.32 Å². The zero-order valence-corrected chi connectivity index (χ0v) is 22.7. The van der Waals surface area contributed by atoms with Crippen LogP contribution in [0.2, 0.25) is 0 Å². The molecule has 1 atom stereocenters. The first-order valence-electron chi connectivity index (χ1n) is 12.9. The molecule has 0 aliphatic heterocycles. The minimum Gasteiger partial charge on any atom is -0.363 e. The van der Waals surface area contributed by atoms with Crippen molar-refractivity contribution in [2.45, 2.75) is 79.2 Å². The average Bonchev–Trinajstić information content (AvgIpc) is 2.83. The van der Waals surface area contributed by atoms with Gasteiger partial charge in [0.25, 0.3) is 0 Å². The Bertz CT molecular complexity index is 1180. The van der Waals surface area contributed by atoms with E-state index in [1.54, 1.807) is 0 Å². The maximum atomic E-state index is 5.08. The van der Waals surface area contributed by atoms with Crippen LogP contribution in [0.3, 0.4) is 0 Å². The summed E-state index contributed by atoms with van der Waals surface area (Å²) in [5, 5.41) is 3.76. The van der Waals surface area contributed by atoms with Gasteiger partial charge in [0.1, 0.15) is 5.82 Å². The van der Waals surface area contributed by atoms with E-state index in [0.717, 1.165) is 36.3 Å². The van der Waals surface area contributed by atoms with Gasteiger partial charge in [-0.2, -0.15) is 0 Å². The third-order valence-corrected chi connectivity index (χ3v) is 6.62. The van der Waals surface area contributed by atoms with Gasteiger partial charge in [0, 0.05) is 17.3 Å². The quantitative estimate of drug-likeness (QED) is 0.340. The Morgan fingerprint density at radius 2 is 1.77 bits per heavy atom. The lowest BCUT2D eigenvalue weighted by Crippen LogP contribution is -2.13. The molecule has 3 rings (SSSR count). The van der Waals surface area contributed by atoms with E-state index in [9.17, 15) is 0 Å². The molecule has 0 radical (unpaired) electrons. The van der Waals surface area contributed by atoms with Gasteiger partial charge in [-0.05, 0) is 78.0 Å². The van der Waals surface area contributed by atoms with Crippen molar-refractivity contribution >= 4 is 17.5 Å². The van der Waals surface area contributed by atoms with Crippen molar-refractivity contribution in [2.24, 2.45) is 0 Å². The van der Waals surface area contributed by atoms with Gasteiger partial charge in [0.2, 0.25) is 0 Å². The molecule has 0 bridgehead atoms. The molecular formula is C33H42N2. The second-order valence-electron chi connectivity index (χ2n) is 10.5. The van der Waals surface area contributed by atoms with Crippen molar-refractivity contribution in [3.8, 4) is 0 Å². The Labute approximate surface area is 213 Å². The first kappa shape index (κ1) is 26.5. The Kier molecular flexibility index (Phi) is 8.72. The van der Waals surface area contributed by atoms with Crippen molar-refractivity contribution in [1.29, 1.82) is 0 Å². The van der Waals surface area contributed by atoms with Crippen molar-refractivity contribution < 1.29 is 0 Å². The summed E-state index contributed by atoms with van der Waals surface area (Å²) in [5.41, 5.74) is 10.2. The SMILES string of the molecule is C=Cc1ccc(C(C)Nc2nc(CC)cc(C)c2/C(=C\CC)Cc2cccc(C(C)(C)C)c2)cc1. The highest BCUT2D eigenvalue weighted by Crippen LogP contribution is 2.33. The number of benzene rings is 2. The van der Waals surface area contributed by atoms with Crippen LogP contribution in [0, 0.1) is 6.92 Å². The number of hydrogen-bond acceptors (Lipinski definition) is 2. The van der Waals surface area contributed by atoms with Gasteiger partial charge in [-0.3, -0.25) is 0 Å². The number of aromatic nitrogens is 1. The molecule has 0 aliphatic rings. The highest BCUT2D eigenvalue weighted by Gasteiger charge is 2.18. The smallest absolute Gasteiger partial charge is 0.134 e. The lowest BCUT2D eigenvalue weighted by Gasteiger charge is -2.23. The predicted octanol–water partition coefficient (Wildman–Crippen LogP) is 9.10. The summed E-state index contributed by atoms with van der Waals surface area (Å²) < 4.78 is 0. The van der Waals surface area contributed by atoms with Gasteiger partial charge in [0.05, 0.1) is 0 Å². The molecule has 0 saturated carbocycles. The summed E-state index contributed by atoms with van der Waals surface area (Å²) in [6.45, 7) is 19.5. The van der Waals surface area contributed by atoms with Gasteiger partial charge in [-0.15, -0.1) is 0 Å². The molecular weight excluding hydrogens is 424 g/mol. The maximum absolute atomic E-state index is 5.08. The molecule has 1 aromatic heterocycles. The van der Waals surface area contributed by atoms with Crippen LogP contribution in [0.4, 0.5) is 5.82 Å². The molecule has 0 spiro atoms. The van der Waals surface area contributed by atoms with E-state index in [0.29, 0.717) is 0 Å². The number of nitrogens with zero attached hydrogens (tertiary/aromatic N) is 1. The monoisotopic (exact) mass is 466 g/mol. The van der Waals surface area contributed by atoms with Crippen LogP contribution in [0.15, 0.2) is 67.3 Å². The van der Waals surface area contributed by atoms with Gasteiger partial charge in [-0.1, -0.05) is 102 Å². The Morgan fingerprint density at radius 1 is 1.06 bits per heavy atom. The summed E-state index contributed by atoms with van der Waals surface area (Å²) in [7, 11) is 0. The van der Waals surface area contributed by atoms with E-state index in [1.807, 2.05) is 6.08 Å². The van der Waals surface area contributed by atoms with Crippen molar-refractivity contribution in [2.75, 3.05) is 5.32 Å². The molecule has 184 valence electrons. The van der Waals surface area contributed by atoms with Crippen LogP contribution in [0.5, 0.6) is 0 Å². The number of anilines is 1. The zero-order valence-electron chi connectivity index (χ0n) is 22.7. The minimum atomic E-state index is 0.133. The molecule has 0 saturated heterocycles. The van der Waals surface area contributed by atoms with Gasteiger partial charge in [0.15, 0.2) is 0 Å². The molecule has 1 heterocycles. The summed E-state index contributed by atoms with van der Waals surface area (Å²) in [6.07, 6.45) is 7.04. The highest BCUT2D eigenvalue weighted by molar-refractivity contribution is 5.78. The molecule has 1 unspecified atom stereocenters. The van der Waals surface area contributed by atoms with Gasteiger partial charge >= 0.3 is 0 Å². The van der Waals surface area contributed by atoms with Crippen LogP contribution in [-0.4, -0.2) is 4.98 Å². The Morgan fingerprint density at radius 3 is 2.37 bits per heavy atom. The maximum Gasteiger partial charge on any atom is 0.134 e. The van der Waals surface area contributed by atoms with E-state index in [1.165, 1.54) is 33.4 Å². The molecule has 35 heavy (non-hydrogen) atoms. The Balaban J connectivity index is 2.02. The number of allylic oxidation sites excluding steroid dienone is 2. The lowest BCUT2D eigenvalue weighted by atomic mass is 9.85. The van der Waals surface area contributed by atoms with E-state index < -0.39 is 0 Å². The lowest BCUT2D eigenvalue weighted by molar-refractivity contribution is 0.589. The molecule has 2 nitrogen and oxygen atoms in total. The summed E-state index contributed by atoms with van der Waals surface area (Å²) >= 11 is 0. The normalized spacial score (nSPS) is 12.9. The molecule has 0 amide bonds. The molecule has 0 aliphatic carbocycles. The summed E-state index contributed by atoms with van der Waals surface area (Å²) in [4.78, 5) is 5.08. The number of nitrogens with one attached hydrogen (secondary N) is 1. The van der Waals surface area contributed by atoms with Crippen LogP contribution >= 0.6 is 0 Å². The fraction of sp³-hybridized carbons (Fsp3) is 0.364. The van der Waals surface area contributed by atoms with Crippen LogP contribution in [0.25, 0.3) is 11.6 Å². The largest absolute Gasteiger partial charge is 0.363 e. The third-order valence-electron chi connectivity index (χ3n) is 6.62. The van der Waals surface area contributed by atoms with Crippen LogP contribution in [0.1, 0.15) is 93.1 Å². The molecule has 2 aromatic carbocycles. The van der Waals surface area contributed by atoms with E-state index in [4.69, 9.17) is 4.98 Å². The topological polar surface area (TPSA) is 24.9 Å². The molecule has 0 fully saturated rings. The Hall–Kier alpha value is -3.13. The standard InChI is InChI=1S/C33H42N2/c1-9-13-28(21-26-14-12-15-29(22-26)33(6,7)8)31-23(4)20-30(11-3)35-32(31)34-24(5)27-18-16-25(10-2)17-19-27/h10,12-20,22,24H,2,9,11,21H2,1,3-8H3,(H,34,35)/b28-13-. The van der Waals surface area contributed by atoms with Crippen LogP contribution < -0.4 is 5.32 Å². The molecule has 2 heteroatoms. The average molecular weight is 467 g/mol. The highest BCUT2D eigenvalue weighted by atomic mass is 15.0. The fourth-order valence-electron chi connectivity index (χ4n) is 4.52. The van der Waals surface area contributed by atoms with E-state index >= 15 is 0 Å². The third kappa shape index (κ3) is 6.72. The molecule has 3 aromatic rings. The number of rotatable bonds is 9. The molecule has 1 N–H and O–H groups in total. The zero-order chi connectivity index (χ0) is 25.6. The van der Waals surface area contributed by atoms with Crippen molar-refractivity contribution in [3.05, 3.63) is 106 Å². The van der Waals surface area contributed by atoms with Crippen LogP contribution in [-0.2, 0) is 18.3 Å². The fourth-order valence-corrected chi connectivity index (χ4v) is 4.52. The first-order valence-corrected chi connectivity index (χ1v) is 12.9. The van der Waals surface area contributed by atoms with E-state index in [2.05, 4.69) is 121 Å². The second-order valence-corrected chi connectivity index (χ2v) is 10.5. The number of pyridine rings is 1. The van der Waals surface area contributed by atoms with Crippen molar-refractivity contribution in [3.63, 3.8) is 0 Å². The first-order chi connectivity index (χ1) is 16.7. The predicted molar refractivity (Wildman–Crippen MR) is 154 cm³/mol. The second kappa shape index (κ2) is 11.5.